The van der Waals surface area contributed by atoms with Gasteiger partial charge in [-0.3, -0.25) is 4.90 Å². The molecule has 118 valence electrons. The van der Waals surface area contributed by atoms with Crippen LogP contribution in [-0.4, -0.2) is 29.6 Å². The van der Waals surface area contributed by atoms with Crippen LogP contribution in [0.25, 0.3) is 0 Å². The van der Waals surface area contributed by atoms with Crippen molar-refractivity contribution in [3.63, 3.8) is 0 Å². The second-order valence-corrected chi connectivity index (χ2v) is 6.80. The van der Waals surface area contributed by atoms with Gasteiger partial charge in [-0.05, 0) is 25.8 Å². The quantitative estimate of drug-likeness (QED) is 0.914. The van der Waals surface area contributed by atoms with Crippen molar-refractivity contribution in [3.8, 4) is 0 Å². The number of piperazine rings is 1. The third kappa shape index (κ3) is 3.80. The topological polar surface area (TPSA) is 15.3 Å². The fourth-order valence-corrected chi connectivity index (χ4v) is 2.84. The van der Waals surface area contributed by atoms with Crippen LogP contribution in [0.1, 0.15) is 39.7 Å². The van der Waals surface area contributed by atoms with Gasteiger partial charge in [0.25, 0.3) is 0 Å². The number of nitrogens with zero attached hydrogens (tertiary/aromatic N) is 1. The summed E-state index contributed by atoms with van der Waals surface area (Å²) in [6.45, 7) is 11.0. The predicted molar refractivity (Wildman–Crippen MR) is 82.1 cm³/mol. The lowest BCUT2D eigenvalue weighted by Gasteiger charge is -2.47. The highest BCUT2D eigenvalue weighted by molar-refractivity contribution is 5.19. The van der Waals surface area contributed by atoms with Crippen LogP contribution in [0.4, 0.5) is 8.78 Å². The number of halogens is 2. The first-order valence-electron chi connectivity index (χ1n) is 7.76. The summed E-state index contributed by atoms with van der Waals surface area (Å²) in [5, 5.41) is 3.60. The summed E-state index contributed by atoms with van der Waals surface area (Å²) >= 11 is 0. The zero-order chi connectivity index (χ0) is 15.6. The summed E-state index contributed by atoms with van der Waals surface area (Å²) in [5.41, 5.74) is 0.527. The van der Waals surface area contributed by atoms with Crippen LogP contribution in [0.2, 0.25) is 0 Å². The van der Waals surface area contributed by atoms with Crippen LogP contribution in [0.5, 0.6) is 0 Å². The minimum absolute atomic E-state index is 0.0369. The molecule has 2 atom stereocenters. The highest BCUT2D eigenvalue weighted by atomic mass is 19.1. The molecule has 0 bridgehead atoms. The van der Waals surface area contributed by atoms with Crippen molar-refractivity contribution in [1.82, 2.24) is 10.2 Å². The van der Waals surface area contributed by atoms with Gasteiger partial charge in [-0.25, -0.2) is 8.78 Å². The first kappa shape index (κ1) is 16.4. The van der Waals surface area contributed by atoms with Gasteiger partial charge in [0.15, 0.2) is 0 Å². The van der Waals surface area contributed by atoms with Gasteiger partial charge in [-0.15, -0.1) is 0 Å². The molecule has 0 spiro atoms. The van der Waals surface area contributed by atoms with Crippen molar-refractivity contribution in [2.45, 2.75) is 52.2 Å². The van der Waals surface area contributed by atoms with Gasteiger partial charge in [-0.1, -0.05) is 26.3 Å². The van der Waals surface area contributed by atoms with Crippen LogP contribution >= 0.6 is 0 Å². The van der Waals surface area contributed by atoms with E-state index in [-0.39, 0.29) is 5.54 Å². The molecular formula is C17H26F2N2. The third-order valence-electron chi connectivity index (χ3n) is 4.78. The Morgan fingerprint density at radius 2 is 2.10 bits per heavy atom. The van der Waals surface area contributed by atoms with Crippen molar-refractivity contribution >= 4 is 0 Å². The fourth-order valence-electron chi connectivity index (χ4n) is 2.84. The zero-order valence-electron chi connectivity index (χ0n) is 13.4. The standard InChI is InChI=1S/C17H26F2N2/c1-5-12(2)16-10-21(17(3,4)11-20-16)9-13-6-7-14(18)8-15(13)19/h6-8,12,16,20H,5,9-11H2,1-4H3. The molecule has 1 aliphatic rings. The van der Waals surface area contributed by atoms with E-state index in [2.05, 4.69) is 37.9 Å². The maximum atomic E-state index is 13.9. The molecule has 21 heavy (non-hydrogen) atoms. The van der Waals surface area contributed by atoms with Crippen molar-refractivity contribution < 1.29 is 8.78 Å². The lowest BCUT2D eigenvalue weighted by atomic mass is 9.90. The molecular weight excluding hydrogens is 270 g/mol. The van der Waals surface area contributed by atoms with Gasteiger partial charge < -0.3 is 5.32 Å². The highest BCUT2D eigenvalue weighted by Crippen LogP contribution is 2.25. The lowest BCUT2D eigenvalue weighted by Crippen LogP contribution is -2.62. The number of nitrogens with one attached hydrogen (secondary N) is 1. The van der Waals surface area contributed by atoms with E-state index in [4.69, 9.17) is 0 Å². The third-order valence-corrected chi connectivity index (χ3v) is 4.78. The van der Waals surface area contributed by atoms with E-state index >= 15 is 0 Å². The van der Waals surface area contributed by atoms with E-state index in [1.807, 2.05) is 0 Å². The average Bonchev–Trinajstić information content (AvgIpc) is 2.42. The molecule has 1 N–H and O–H groups in total. The second kappa shape index (κ2) is 6.41. The van der Waals surface area contributed by atoms with E-state index < -0.39 is 11.6 Å². The Balaban J connectivity index is 2.14. The molecule has 1 aliphatic heterocycles. The highest BCUT2D eigenvalue weighted by Gasteiger charge is 2.35. The van der Waals surface area contributed by atoms with E-state index in [0.717, 1.165) is 25.6 Å². The van der Waals surface area contributed by atoms with E-state index in [0.29, 0.717) is 24.1 Å². The van der Waals surface area contributed by atoms with Gasteiger partial charge >= 0.3 is 0 Å². The summed E-state index contributed by atoms with van der Waals surface area (Å²) in [7, 11) is 0. The van der Waals surface area contributed by atoms with E-state index in [9.17, 15) is 8.78 Å². The molecule has 1 aromatic carbocycles. The Bertz CT molecular complexity index is 488. The predicted octanol–water partition coefficient (Wildman–Crippen LogP) is 3.56. The largest absolute Gasteiger partial charge is 0.311 e. The maximum absolute atomic E-state index is 13.9. The molecule has 1 heterocycles. The summed E-state index contributed by atoms with van der Waals surface area (Å²) in [4.78, 5) is 2.30. The molecule has 0 saturated carbocycles. The first-order valence-corrected chi connectivity index (χ1v) is 7.76. The first-order chi connectivity index (χ1) is 9.83. The SMILES string of the molecule is CCC(C)C1CN(Cc2ccc(F)cc2F)C(C)(C)CN1. The number of hydrogen-bond acceptors (Lipinski definition) is 2. The molecule has 1 saturated heterocycles. The monoisotopic (exact) mass is 296 g/mol. The van der Waals surface area contributed by atoms with Gasteiger partial charge in [0.2, 0.25) is 0 Å². The molecule has 1 fully saturated rings. The number of hydrogen-bond donors (Lipinski definition) is 1. The molecule has 2 nitrogen and oxygen atoms in total. The van der Waals surface area contributed by atoms with Crippen molar-refractivity contribution in [1.29, 1.82) is 0 Å². The molecule has 0 radical (unpaired) electrons. The molecule has 2 rings (SSSR count). The lowest BCUT2D eigenvalue weighted by molar-refractivity contribution is 0.0440. The number of benzene rings is 1. The summed E-state index contributed by atoms with van der Waals surface area (Å²) in [6.07, 6.45) is 1.12. The van der Waals surface area contributed by atoms with Crippen LogP contribution < -0.4 is 5.32 Å². The molecule has 0 aliphatic carbocycles. The molecule has 1 aromatic rings. The van der Waals surface area contributed by atoms with Crippen LogP contribution in [0.15, 0.2) is 18.2 Å². The molecule has 0 aromatic heterocycles. The minimum atomic E-state index is -0.520. The Labute approximate surface area is 126 Å². The maximum Gasteiger partial charge on any atom is 0.130 e. The average molecular weight is 296 g/mol. The summed E-state index contributed by atoms with van der Waals surface area (Å²) in [6, 6.07) is 4.28. The van der Waals surface area contributed by atoms with E-state index in [1.165, 1.54) is 6.07 Å². The van der Waals surface area contributed by atoms with Crippen molar-refractivity contribution in [3.05, 3.63) is 35.4 Å². The smallest absolute Gasteiger partial charge is 0.130 e. The summed E-state index contributed by atoms with van der Waals surface area (Å²) < 4.78 is 26.9. The number of rotatable bonds is 4. The molecule has 0 amide bonds. The normalized spacial score (nSPS) is 24.0. The van der Waals surface area contributed by atoms with Crippen LogP contribution in [0, 0.1) is 17.6 Å². The van der Waals surface area contributed by atoms with Gasteiger partial charge in [0.1, 0.15) is 11.6 Å². The van der Waals surface area contributed by atoms with E-state index in [1.54, 1.807) is 6.07 Å². The zero-order valence-corrected chi connectivity index (χ0v) is 13.4. The Morgan fingerprint density at radius 3 is 2.71 bits per heavy atom. The van der Waals surface area contributed by atoms with Gasteiger partial charge in [0.05, 0.1) is 0 Å². The van der Waals surface area contributed by atoms with Crippen molar-refractivity contribution in [2.75, 3.05) is 13.1 Å². The minimum Gasteiger partial charge on any atom is -0.311 e. The van der Waals surface area contributed by atoms with Crippen molar-refractivity contribution in [2.24, 2.45) is 5.92 Å². The Kier molecular flexibility index (Phi) is 4.99. The Hall–Kier alpha value is -1.00. The Morgan fingerprint density at radius 1 is 1.38 bits per heavy atom. The summed E-state index contributed by atoms with van der Waals surface area (Å²) in [5.74, 6) is -0.389. The fraction of sp³-hybridized carbons (Fsp3) is 0.647. The van der Waals surface area contributed by atoms with Gasteiger partial charge in [-0.2, -0.15) is 0 Å². The van der Waals surface area contributed by atoms with Gasteiger partial charge in [0, 0.05) is 42.8 Å². The molecule has 4 heteroatoms. The van der Waals surface area contributed by atoms with Crippen LogP contribution in [0.3, 0.4) is 0 Å². The second-order valence-electron chi connectivity index (χ2n) is 6.80. The van der Waals surface area contributed by atoms with Crippen LogP contribution in [-0.2, 0) is 6.54 Å². The molecule has 2 unspecified atom stereocenters.